The molecule has 0 aliphatic carbocycles. The lowest BCUT2D eigenvalue weighted by Gasteiger charge is -2.08. The van der Waals surface area contributed by atoms with Crippen molar-refractivity contribution in [1.82, 2.24) is 5.32 Å². The van der Waals surface area contributed by atoms with E-state index in [1.54, 1.807) is 0 Å². The minimum Gasteiger partial charge on any atom is -0.308 e. The molecule has 2 aromatic carbocycles. The first-order valence-corrected chi connectivity index (χ1v) is 6.17. The van der Waals surface area contributed by atoms with Gasteiger partial charge in [0, 0.05) is 10.7 Å². The fourth-order valence-electron chi connectivity index (χ4n) is 1.58. The molecule has 0 atom stereocenters. The first kappa shape index (κ1) is 14.9. The molecule has 0 saturated heterocycles. The quantitative estimate of drug-likeness (QED) is 0.889. The summed E-state index contributed by atoms with van der Waals surface area (Å²) in [4.78, 5) is 23.3. The van der Waals surface area contributed by atoms with E-state index in [-0.39, 0.29) is 0 Å². The number of halogens is 3. The van der Waals surface area contributed by atoms with Gasteiger partial charge in [0.1, 0.15) is 17.2 Å². The smallest absolute Gasteiger partial charge is 0.308 e. The molecule has 0 bridgehead atoms. The predicted octanol–water partition coefficient (Wildman–Crippen LogP) is 3.58. The number of amides is 3. The Hall–Kier alpha value is -2.47. The Morgan fingerprint density at radius 1 is 0.952 bits per heavy atom. The zero-order valence-electron chi connectivity index (χ0n) is 10.5. The van der Waals surface area contributed by atoms with E-state index < -0.39 is 29.1 Å². The molecule has 0 radical (unpaired) electrons. The average molecular weight is 317 g/mol. The van der Waals surface area contributed by atoms with Crippen molar-refractivity contribution in [2.24, 2.45) is 0 Å². The molecule has 0 fully saturated rings. The SMILES string of the molecule is O=C(NC(=O)c1c(F)cccc1F)N[13c]1[13cH][13cH][13c](Cl)[13cH][13cH]1. The highest BCUT2D eigenvalue weighted by Gasteiger charge is 2.19. The van der Waals surface area contributed by atoms with E-state index in [2.05, 4.69) is 5.32 Å². The number of urea groups is 1. The Kier molecular flexibility index (Phi) is 4.49. The summed E-state index contributed by atoms with van der Waals surface area (Å²) in [6, 6.07) is 8.15. The Morgan fingerprint density at radius 3 is 2.10 bits per heavy atom. The lowest BCUT2D eigenvalue weighted by molar-refractivity contribution is 0.0959. The molecule has 0 spiro atoms. The van der Waals surface area contributed by atoms with Crippen LogP contribution in [0.25, 0.3) is 0 Å². The first-order valence-electron chi connectivity index (χ1n) is 5.79. The number of carbonyl (C=O) groups is 2. The zero-order chi connectivity index (χ0) is 15.4. The Morgan fingerprint density at radius 2 is 1.52 bits per heavy atom. The predicted molar refractivity (Wildman–Crippen MR) is 74.3 cm³/mol. The number of nitrogens with one attached hydrogen (secondary N) is 2. The van der Waals surface area contributed by atoms with Crippen molar-refractivity contribution in [3.63, 3.8) is 0 Å². The van der Waals surface area contributed by atoms with Gasteiger partial charge in [-0.1, -0.05) is 17.7 Å². The second kappa shape index (κ2) is 6.32. The van der Waals surface area contributed by atoms with Crippen molar-refractivity contribution >= 4 is 29.2 Å². The molecule has 0 saturated carbocycles. The van der Waals surface area contributed by atoms with Gasteiger partial charge in [-0.2, -0.15) is 0 Å². The van der Waals surface area contributed by atoms with E-state index in [0.29, 0.717) is 10.7 Å². The van der Waals surface area contributed by atoms with Crippen LogP contribution in [0.1, 0.15) is 10.4 Å². The van der Waals surface area contributed by atoms with Gasteiger partial charge in [-0.15, -0.1) is 0 Å². The van der Waals surface area contributed by atoms with E-state index in [0.717, 1.165) is 18.2 Å². The molecule has 0 heterocycles. The highest BCUT2D eigenvalue weighted by Crippen LogP contribution is 2.14. The van der Waals surface area contributed by atoms with Crippen molar-refractivity contribution in [1.29, 1.82) is 0 Å². The number of anilines is 1. The van der Waals surface area contributed by atoms with Crippen molar-refractivity contribution in [3.8, 4) is 0 Å². The summed E-state index contributed by atoms with van der Waals surface area (Å²) in [5, 5.41) is 4.65. The average Bonchev–Trinajstić information content (AvgIpc) is 2.41. The topological polar surface area (TPSA) is 58.2 Å². The van der Waals surface area contributed by atoms with Crippen LogP contribution in [0, 0.1) is 11.6 Å². The van der Waals surface area contributed by atoms with E-state index in [1.165, 1.54) is 24.3 Å². The van der Waals surface area contributed by atoms with Gasteiger partial charge >= 0.3 is 6.03 Å². The third-order valence-corrected chi connectivity index (χ3v) is 2.77. The van der Waals surface area contributed by atoms with E-state index >= 15 is 0 Å². The van der Waals surface area contributed by atoms with Crippen molar-refractivity contribution in [2.45, 2.75) is 0 Å². The van der Waals surface area contributed by atoms with Gasteiger partial charge in [-0.25, -0.2) is 13.6 Å². The first-order chi connectivity index (χ1) is 9.97. The lowest BCUT2D eigenvalue weighted by Crippen LogP contribution is -2.35. The van der Waals surface area contributed by atoms with Gasteiger partial charge in [0.05, 0.1) is 0 Å². The van der Waals surface area contributed by atoms with Crippen LogP contribution in [0.3, 0.4) is 0 Å². The van der Waals surface area contributed by atoms with Crippen LogP contribution < -0.4 is 10.6 Å². The van der Waals surface area contributed by atoms with E-state index in [9.17, 15) is 18.4 Å². The zero-order valence-corrected chi connectivity index (χ0v) is 11.2. The number of hydrogen-bond donors (Lipinski definition) is 2. The number of imide groups is 1. The van der Waals surface area contributed by atoms with Gasteiger partial charge in [0.2, 0.25) is 0 Å². The van der Waals surface area contributed by atoms with Crippen LogP contribution in [0.4, 0.5) is 19.3 Å². The second-order valence-corrected chi connectivity index (χ2v) is 4.45. The van der Waals surface area contributed by atoms with Gasteiger partial charge in [0.15, 0.2) is 0 Å². The molecule has 108 valence electrons. The Labute approximate surface area is 123 Å². The molecule has 2 aromatic rings. The van der Waals surface area contributed by atoms with Crippen LogP contribution in [-0.4, -0.2) is 11.9 Å². The molecular weight excluding hydrogens is 308 g/mol. The molecular formula is C14H9ClF2N2O2. The maximum atomic E-state index is 13.4. The minimum absolute atomic E-state index is 0.374. The third-order valence-electron chi connectivity index (χ3n) is 2.52. The van der Waals surface area contributed by atoms with Gasteiger partial charge in [0.25, 0.3) is 5.91 Å². The standard InChI is InChI=1S/C14H9ClF2N2O2/c15-8-4-6-9(7-5-8)18-14(21)19-13(20)12-10(16)2-1-3-11(12)17/h1-7H,(H2,18,19,20,21)/i4+1,5+1,6+1,7+1,8+1,9+1. The maximum absolute atomic E-state index is 13.4. The fraction of sp³-hybridized carbons (Fsp3) is 0. The summed E-state index contributed by atoms with van der Waals surface area (Å²) in [6.45, 7) is 0. The van der Waals surface area contributed by atoms with E-state index in [4.69, 9.17) is 11.6 Å². The van der Waals surface area contributed by atoms with Crippen LogP contribution in [0.5, 0.6) is 0 Å². The molecule has 0 unspecified atom stereocenters. The van der Waals surface area contributed by atoms with Gasteiger partial charge in [-0.3, -0.25) is 10.1 Å². The molecule has 2 rings (SSSR count). The summed E-state index contributed by atoms with van der Waals surface area (Å²) < 4.78 is 26.8. The van der Waals surface area contributed by atoms with Crippen LogP contribution in [0.15, 0.2) is 42.5 Å². The summed E-state index contributed by atoms with van der Waals surface area (Å²) in [5.74, 6) is -3.27. The number of hydrogen-bond acceptors (Lipinski definition) is 2. The Bertz CT molecular complexity index is 670. The Balaban J connectivity index is 2.06. The van der Waals surface area contributed by atoms with Crippen molar-refractivity contribution in [2.75, 3.05) is 5.32 Å². The molecule has 0 aliphatic rings. The lowest BCUT2D eigenvalue weighted by atomic mass is 10.2. The highest BCUT2D eigenvalue weighted by molar-refractivity contribution is 6.30. The van der Waals surface area contributed by atoms with E-state index in [1.807, 2.05) is 5.32 Å². The maximum Gasteiger partial charge on any atom is 0.326 e. The minimum atomic E-state index is -1.17. The molecule has 2 N–H and O–H groups in total. The molecule has 0 aliphatic heterocycles. The van der Waals surface area contributed by atoms with Crippen LogP contribution in [0.2, 0.25) is 5.02 Å². The molecule has 0 aromatic heterocycles. The number of benzene rings is 2. The van der Waals surface area contributed by atoms with Gasteiger partial charge in [-0.05, 0) is 36.4 Å². The second-order valence-electron chi connectivity index (χ2n) is 4.01. The summed E-state index contributed by atoms with van der Waals surface area (Å²) in [6.07, 6.45) is 0. The molecule has 7 heteroatoms. The summed E-state index contributed by atoms with van der Waals surface area (Å²) >= 11 is 5.68. The molecule has 21 heavy (non-hydrogen) atoms. The normalized spacial score (nSPS) is 10.0. The molecule has 4 nitrogen and oxygen atoms in total. The number of rotatable bonds is 2. The third kappa shape index (κ3) is 3.76. The van der Waals surface area contributed by atoms with Crippen LogP contribution >= 0.6 is 11.6 Å². The van der Waals surface area contributed by atoms with Crippen molar-refractivity contribution in [3.05, 3.63) is 64.7 Å². The van der Waals surface area contributed by atoms with Gasteiger partial charge < -0.3 is 5.32 Å². The molecule has 3 amide bonds. The summed E-state index contributed by atoms with van der Waals surface area (Å²) in [5.41, 5.74) is -0.442. The highest BCUT2D eigenvalue weighted by atomic mass is 35.5. The summed E-state index contributed by atoms with van der Waals surface area (Å²) in [7, 11) is 0. The van der Waals surface area contributed by atoms with Crippen molar-refractivity contribution < 1.29 is 18.4 Å². The number of carbonyl (C=O) groups excluding carboxylic acids is 2. The largest absolute Gasteiger partial charge is 0.326 e. The fourth-order valence-corrected chi connectivity index (χ4v) is 1.70. The monoisotopic (exact) mass is 316 g/mol. The van der Waals surface area contributed by atoms with Crippen LogP contribution in [-0.2, 0) is 0 Å².